The van der Waals surface area contributed by atoms with Crippen molar-refractivity contribution in [2.24, 2.45) is 11.8 Å². The van der Waals surface area contributed by atoms with Gasteiger partial charge in [0.2, 0.25) is 0 Å². The van der Waals surface area contributed by atoms with Crippen molar-refractivity contribution in [1.29, 1.82) is 0 Å². The number of hydrogen-bond donors (Lipinski definition) is 1. The van der Waals surface area contributed by atoms with Crippen LogP contribution in [0.2, 0.25) is 0 Å². The third kappa shape index (κ3) is 2.39. The van der Waals surface area contributed by atoms with Crippen LogP contribution in [0.4, 0.5) is 0 Å². The Morgan fingerprint density at radius 1 is 1.37 bits per heavy atom. The standard InChI is InChI=1S/C16H22N2O/c1-11-16(19-2)8-13(9-18-11)14-5-3-4-12-6-7-17-10-15(12)14/h5,8-9,12,15,17H,3-4,6-7,10H2,1-2H3/t12-,15+/m1/s1. The first kappa shape index (κ1) is 12.7. The molecule has 3 nitrogen and oxygen atoms in total. The van der Waals surface area contributed by atoms with E-state index in [1.807, 2.05) is 13.1 Å². The molecule has 0 aromatic carbocycles. The molecule has 2 atom stereocenters. The van der Waals surface area contributed by atoms with Crippen molar-refractivity contribution in [3.63, 3.8) is 0 Å². The number of ether oxygens (including phenoxy) is 1. The fourth-order valence-electron chi connectivity index (χ4n) is 3.44. The summed E-state index contributed by atoms with van der Waals surface area (Å²) in [5.41, 5.74) is 3.66. The highest BCUT2D eigenvalue weighted by atomic mass is 16.5. The third-order valence-corrected chi connectivity index (χ3v) is 4.52. The Bertz CT molecular complexity index is 496. The van der Waals surface area contributed by atoms with Gasteiger partial charge in [-0.2, -0.15) is 0 Å². The average molecular weight is 258 g/mol. The average Bonchev–Trinajstić information content (AvgIpc) is 2.47. The number of rotatable bonds is 2. The zero-order valence-corrected chi connectivity index (χ0v) is 11.8. The van der Waals surface area contributed by atoms with Crippen LogP contribution in [0.1, 0.15) is 30.5 Å². The Kier molecular flexibility index (Phi) is 3.56. The van der Waals surface area contributed by atoms with Crippen molar-refractivity contribution < 1.29 is 4.74 Å². The topological polar surface area (TPSA) is 34.1 Å². The first-order valence-electron chi connectivity index (χ1n) is 7.21. The summed E-state index contributed by atoms with van der Waals surface area (Å²) < 4.78 is 5.41. The van der Waals surface area contributed by atoms with Crippen LogP contribution in [0.15, 0.2) is 18.3 Å². The van der Waals surface area contributed by atoms with Crippen molar-refractivity contribution in [3.8, 4) is 5.75 Å². The Morgan fingerprint density at radius 3 is 3.11 bits per heavy atom. The second kappa shape index (κ2) is 5.33. The lowest BCUT2D eigenvalue weighted by molar-refractivity contribution is 0.285. The van der Waals surface area contributed by atoms with Crippen LogP contribution in [0.25, 0.3) is 5.57 Å². The van der Waals surface area contributed by atoms with Gasteiger partial charge in [0, 0.05) is 12.7 Å². The molecule has 0 bridgehead atoms. The third-order valence-electron chi connectivity index (χ3n) is 4.52. The summed E-state index contributed by atoms with van der Waals surface area (Å²) in [6.45, 7) is 4.26. The van der Waals surface area contributed by atoms with Gasteiger partial charge in [0.15, 0.2) is 0 Å². The van der Waals surface area contributed by atoms with Gasteiger partial charge in [0.1, 0.15) is 5.75 Å². The van der Waals surface area contributed by atoms with E-state index >= 15 is 0 Å². The molecule has 1 aromatic rings. The Morgan fingerprint density at radius 2 is 2.26 bits per heavy atom. The first-order chi connectivity index (χ1) is 9.29. The van der Waals surface area contributed by atoms with Crippen molar-refractivity contribution in [2.75, 3.05) is 20.2 Å². The van der Waals surface area contributed by atoms with E-state index in [9.17, 15) is 0 Å². The van der Waals surface area contributed by atoms with Crippen molar-refractivity contribution >= 4 is 5.57 Å². The van der Waals surface area contributed by atoms with Gasteiger partial charge in [-0.3, -0.25) is 4.98 Å². The summed E-state index contributed by atoms with van der Waals surface area (Å²) in [4.78, 5) is 4.48. The maximum atomic E-state index is 5.41. The van der Waals surface area contributed by atoms with E-state index < -0.39 is 0 Å². The number of hydrogen-bond acceptors (Lipinski definition) is 3. The Balaban J connectivity index is 1.94. The molecule has 19 heavy (non-hydrogen) atoms. The van der Waals surface area contributed by atoms with E-state index in [0.717, 1.165) is 23.9 Å². The molecule has 1 fully saturated rings. The first-order valence-corrected chi connectivity index (χ1v) is 7.21. The molecule has 3 heteroatoms. The molecule has 0 saturated carbocycles. The molecule has 1 N–H and O–H groups in total. The van der Waals surface area contributed by atoms with Crippen molar-refractivity contribution in [2.45, 2.75) is 26.2 Å². The van der Waals surface area contributed by atoms with Crippen LogP contribution in [-0.2, 0) is 0 Å². The maximum absolute atomic E-state index is 5.41. The fourth-order valence-corrected chi connectivity index (χ4v) is 3.44. The summed E-state index contributed by atoms with van der Waals surface area (Å²) >= 11 is 0. The fraction of sp³-hybridized carbons (Fsp3) is 0.562. The summed E-state index contributed by atoms with van der Waals surface area (Å²) in [5, 5.41) is 3.53. The van der Waals surface area contributed by atoms with Crippen LogP contribution < -0.4 is 10.1 Å². The van der Waals surface area contributed by atoms with Crippen LogP contribution in [0.3, 0.4) is 0 Å². The molecule has 0 unspecified atom stereocenters. The van der Waals surface area contributed by atoms with Gasteiger partial charge in [-0.1, -0.05) is 6.08 Å². The lowest BCUT2D eigenvalue weighted by Crippen LogP contribution is -2.38. The zero-order valence-electron chi connectivity index (χ0n) is 11.8. The molecule has 102 valence electrons. The number of piperidine rings is 1. The highest BCUT2D eigenvalue weighted by molar-refractivity contribution is 5.69. The van der Waals surface area contributed by atoms with Gasteiger partial charge in [-0.05, 0) is 61.8 Å². The van der Waals surface area contributed by atoms with E-state index in [-0.39, 0.29) is 0 Å². The van der Waals surface area contributed by atoms with E-state index in [0.29, 0.717) is 5.92 Å². The maximum Gasteiger partial charge on any atom is 0.140 e. The minimum atomic E-state index is 0.650. The normalized spacial score (nSPS) is 26.5. The second-order valence-electron chi connectivity index (χ2n) is 5.61. The van der Waals surface area contributed by atoms with E-state index in [4.69, 9.17) is 4.74 Å². The van der Waals surface area contributed by atoms with Gasteiger partial charge >= 0.3 is 0 Å². The molecular weight excluding hydrogens is 236 g/mol. The van der Waals surface area contributed by atoms with Crippen LogP contribution in [-0.4, -0.2) is 25.2 Å². The highest BCUT2D eigenvalue weighted by Crippen LogP contribution is 2.40. The summed E-state index contributed by atoms with van der Waals surface area (Å²) in [6, 6.07) is 2.14. The Labute approximate surface area is 115 Å². The SMILES string of the molecule is COc1cc(C2=CCC[C@@H]3CCNC[C@H]23)cnc1C. The monoisotopic (exact) mass is 258 g/mol. The van der Waals surface area contributed by atoms with Gasteiger partial charge in [-0.25, -0.2) is 0 Å². The molecule has 1 aromatic heterocycles. The predicted molar refractivity (Wildman–Crippen MR) is 77.2 cm³/mol. The largest absolute Gasteiger partial charge is 0.495 e. The molecule has 1 aliphatic heterocycles. The van der Waals surface area contributed by atoms with Crippen molar-refractivity contribution in [3.05, 3.63) is 29.6 Å². The molecular formula is C16H22N2O. The second-order valence-corrected chi connectivity index (χ2v) is 5.61. The summed E-state index contributed by atoms with van der Waals surface area (Å²) in [5.74, 6) is 2.38. The Hall–Kier alpha value is -1.35. The van der Waals surface area contributed by atoms with Gasteiger partial charge in [-0.15, -0.1) is 0 Å². The quantitative estimate of drug-likeness (QED) is 0.885. The van der Waals surface area contributed by atoms with Crippen molar-refractivity contribution in [1.82, 2.24) is 10.3 Å². The number of nitrogens with zero attached hydrogens (tertiary/aromatic N) is 1. The molecule has 0 radical (unpaired) electrons. The number of fused-ring (bicyclic) bond motifs is 1. The summed E-state index contributed by atoms with van der Waals surface area (Å²) in [7, 11) is 1.72. The molecule has 2 aliphatic rings. The number of nitrogens with one attached hydrogen (secondary N) is 1. The molecule has 0 amide bonds. The van der Waals surface area contributed by atoms with E-state index in [1.54, 1.807) is 7.11 Å². The number of aromatic nitrogens is 1. The minimum absolute atomic E-state index is 0.650. The van der Waals surface area contributed by atoms with Gasteiger partial charge in [0.05, 0.1) is 12.8 Å². The molecule has 1 aliphatic carbocycles. The molecule has 0 spiro atoms. The minimum Gasteiger partial charge on any atom is -0.495 e. The lowest BCUT2D eigenvalue weighted by Gasteiger charge is -2.37. The van der Waals surface area contributed by atoms with E-state index in [2.05, 4.69) is 22.4 Å². The number of aryl methyl sites for hydroxylation is 1. The lowest BCUT2D eigenvalue weighted by atomic mass is 9.73. The van der Waals surface area contributed by atoms with Gasteiger partial charge < -0.3 is 10.1 Å². The predicted octanol–water partition coefficient (Wildman–Crippen LogP) is 2.80. The van der Waals surface area contributed by atoms with Crippen LogP contribution in [0, 0.1) is 18.8 Å². The van der Waals surface area contributed by atoms with Crippen LogP contribution >= 0.6 is 0 Å². The summed E-state index contributed by atoms with van der Waals surface area (Å²) in [6.07, 6.45) is 8.25. The number of pyridine rings is 1. The smallest absolute Gasteiger partial charge is 0.140 e. The van der Waals surface area contributed by atoms with Crippen LogP contribution in [0.5, 0.6) is 5.75 Å². The number of allylic oxidation sites excluding steroid dienone is 1. The number of methoxy groups -OCH3 is 1. The molecule has 1 saturated heterocycles. The highest BCUT2D eigenvalue weighted by Gasteiger charge is 2.30. The van der Waals surface area contributed by atoms with Gasteiger partial charge in [0.25, 0.3) is 0 Å². The zero-order chi connectivity index (χ0) is 13.2. The molecule has 3 rings (SSSR count). The molecule has 2 heterocycles. The van der Waals surface area contributed by atoms with E-state index in [1.165, 1.54) is 36.9 Å².